The molecule has 0 saturated carbocycles. The number of hydrogen-bond acceptors (Lipinski definition) is 4. The topological polar surface area (TPSA) is 56.7 Å². The fourth-order valence-corrected chi connectivity index (χ4v) is 8.46. The summed E-state index contributed by atoms with van der Waals surface area (Å²) in [5.41, 5.74) is 13.1. The van der Waals surface area contributed by atoms with E-state index in [1.165, 1.54) is 38.5 Å². The van der Waals surface area contributed by atoms with Crippen LogP contribution in [0.25, 0.3) is 94.7 Å². The maximum Gasteiger partial charge on any atom is 0.164 e. The van der Waals surface area contributed by atoms with Gasteiger partial charge >= 0.3 is 0 Å². The van der Waals surface area contributed by atoms with Crippen LogP contribution in [0.2, 0.25) is 0 Å². The lowest BCUT2D eigenvalue weighted by Crippen LogP contribution is -2.14. The van der Waals surface area contributed by atoms with Crippen molar-refractivity contribution >= 4 is 43.7 Å². The van der Waals surface area contributed by atoms with E-state index in [1.54, 1.807) is 0 Å². The molecule has 0 atom stereocenters. The minimum Gasteiger partial charge on any atom is -0.456 e. The molecule has 10 aromatic rings. The molecular formula is C48H32N4O. The van der Waals surface area contributed by atoms with Crippen LogP contribution in [-0.2, 0) is 5.41 Å². The third-order valence-electron chi connectivity index (χ3n) is 11.1. The predicted molar refractivity (Wildman–Crippen MR) is 215 cm³/mol. The quantitative estimate of drug-likeness (QED) is 0.186. The van der Waals surface area contributed by atoms with Gasteiger partial charge in [-0.3, -0.25) is 0 Å². The number of rotatable bonds is 4. The molecular weight excluding hydrogens is 649 g/mol. The minimum absolute atomic E-state index is 0.192. The van der Waals surface area contributed by atoms with Gasteiger partial charge in [0.05, 0.1) is 11.0 Å². The fraction of sp³-hybridized carbons (Fsp3) is 0.0625. The van der Waals surface area contributed by atoms with Gasteiger partial charge in [-0.1, -0.05) is 123 Å². The predicted octanol–water partition coefficient (Wildman–Crippen LogP) is 12.2. The smallest absolute Gasteiger partial charge is 0.164 e. The lowest BCUT2D eigenvalue weighted by atomic mass is 9.82. The summed E-state index contributed by atoms with van der Waals surface area (Å²) in [6, 6.07) is 55.2. The van der Waals surface area contributed by atoms with E-state index in [1.807, 2.05) is 66.7 Å². The second kappa shape index (κ2) is 11.1. The summed E-state index contributed by atoms with van der Waals surface area (Å²) < 4.78 is 8.88. The van der Waals surface area contributed by atoms with Gasteiger partial charge in [0, 0.05) is 54.9 Å². The Balaban J connectivity index is 1.12. The average Bonchev–Trinajstić information content (AvgIpc) is 3.83. The maximum absolute atomic E-state index is 6.45. The minimum atomic E-state index is -0.192. The van der Waals surface area contributed by atoms with Crippen LogP contribution in [0.4, 0.5) is 0 Å². The molecule has 0 aliphatic heterocycles. The number of benzene rings is 7. The molecule has 0 fully saturated rings. The Morgan fingerprint density at radius 2 is 1.06 bits per heavy atom. The summed E-state index contributed by atoms with van der Waals surface area (Å²) in [4.78, 5) is 14.9. The van der Waals surface area contributed by atoms with Gasteiger partial charge < -0.3 is 8.98 Å². The van der Waals surface area contributed by atoms with E-state index in [-0.39, 0.29) is 5.41 Å². The van der Waals surface area contributed by atoms with Crippen molar-refractivity contribution in [3.05, 3.63) is 169 Å². The Bertz CT molecular complexity index is 3010. The van der Waals surface area contributed by atoms with Crippen LogP contribution in [-0.4, -0.2) is 19.5 Å². The lowest BCUT2D eigenvalue weighted by molar-refractivity contribution is 0.658. The first kappa shape index (κ1) is 29.8. The Morgan fingerprint density at radius 1 is 0.472 bits per heavy atom. The van der Waals surface area contributed by atoms with Gasteiger partial charge in [0.15, 0.2) is 17.5 Å². The Kier molecular flexibility index (Phi) is 6.23. The summed E-state index contributed by atoms with van der Waals surface area (Å²) in [7, 11) is 0. The van der Waals surface area contributed by atoms with Crippen LogP contribution in [0.5, 0.6) is 0 Å². The average molecular weight is 681 g/mol. The van der Waals surface area contributed by atoms with E-state index in [0.717, 1.165) is 49.8 Å². The molecule has 5 heteroatoms. The van der Waals surface area contributed by atoms with E-state index in [2.05, 4.69) is 109 Å². The van der Waals surface area contributed by atoms with E-state index >= 15 is 0 Å². The van der Waals surface area contributed by atoms with Crippen LogP contribution in [0.15, 0.2) is 162 Å². The van der Waals surface area contributed by atoms with Crippen molar-refractivity contribution in [2.75, 3.05) is 0 Å². The highest BCUT2D eigenvalue weighted by molar-refractivity contribution is 6.17. The summed E-state index contributed by atoms with van der Waals surface area (Å²) in [5, 5.41) is 4.77. The van der Waals surface area contributed by atoms with Crippen LogP contribution < -0.4 is 0 Å². The highest BCUT2D eigenvalue weighted by atomic mass is 16.3. The number of aromatic nitrogens is 4. The van der Waals surface area contributed by atoms with Gasteiger partial charge in [0.1, 0.15) is 11.2 Å². The lowest BCUT2D eigenvalue weighted by Gasteiger charge is -2.21. The second-order valence-electron chi connectivity index (χ2n) is 14.4. The van der Waals surface area contributed by atoms with Gasteiger partial charge in [-0.05, 0) is 65.2 Å². The summed E-state index contributed by atoms with van der Waals surface area (Å²) in [6.07, 6.45) is 0. The largest absolute Gasteiger partial charge is 0.456 e. The van der Waals surface area contributed by atoms with Crippen LogP contribution in [0.1, 0.15) is 25.0 Å². The first-order valence-electron chi connectivity index (χ1n) is 18.0. The van der Waals surface area contributed by atoms with Crippen molar-refractivity contribution < 1.29 is 4.42 Å². The number of furan rings is 1. The molecule has 0 saturated heterocycles. The standard InChI is InChI=1S/C48H32N4O/c1-48(2)38-26-25-35-33-17-9-11-19-40(33)52(44(35)43(38)37-28-42-36(27-39(37)48)34-18-10-12-20-41(34)53-42)32-23-21-31(22-24-32)47-50-45(29-13-5-3-6-14-29)49-46(51-47)30-15-7-4-8-16-30/h3-28H,1-2H3. The van der Waals surface area contributed by atoms with Crippen LogP contribution in [0.3, 0.4) is 0 Å². The number of para-hydroxylation sites is 2. The van der Waals surface area contributed by atoms with Crippen molar-refractivity contribution in [1.29, 1.82) is 0 Å². The van der Waals surface area contributed by atoms with Gasteiger partial charge in [-0.15, -0.1) is 0 Å². The zero-order chi connectivity index (χ0) is 35.3. The Labute approximate surface area is 305 Å². The zero-order valence-corrected chi connectivity index (χ0v) is 29.2. The molecule has 0 amide bonds. The molecule has 0 N–H and O–H groups in total. The highest BCUT2D eigenvalue weighted by Crippen LogP contribution is 2.54. The van der Waals surface area contributed by atoms with Crippen molar-refractivity contribution in [3.63, 3.8) is 0 Å². The van der Waals surface area contributed by atoms with Crippen molar-refractivity contribution in [2.24, 2.45) is 0 Å². The fourth-order valence-electron chi connectivity index (χ4n) is 8.46. The molecule has 7 aromatic carbocycles. The van der Waals surface area contributed by atoms with E-state index in [9.17, 15) is 0 Å². The van der Waals surface area contributed by atoms with Crippen LogP contribution >= 0.6 is 0 Å². The molecule has 0 bridgehead atoms. The first-order chi connectivity index (χ1) is 26.0. The third kappa shape index (κ3) is 4.40. The maximum atomic E-state index is 6.45. The molecule has 0 spiro atoms. The molecule has 5 nitrogen and oxygen atoms in total. The Hall–Kier alpha value is -6.85. The van der Waals surface area contributed by atoms with Crippen molar-refractivity contribution in [3.8, 4) is 51.0 Å². The summed E-state index contributed by atoms with van der Waals surface area (Å²) >= 11 is 0. The van der Waals surface area contributed by atoms with E-state index in [4.69, 9.17) is 19.4 Å². The third-order valence-corrected chi connectivity index (χ3v) is 11.1. The first-order valence-corrected chi connectivity index (χ1v) is 18.0. The molecule has 0 radical (unpaired) electrons. The number of fused-ring (bicyclic) bond motifs is 10. The Morgan fingerprint density at radius 3 is 1.74 bits per heavy atom. The van der Waals surface area contributed by atoms with Gasteiger partial charge in [0.25, 0.3) is 0 Å². The molecule has 11 rings (SSSR count). The molecule has 250 valence electrons. The number of nitrogens with zero attached hydrogens (tertiary/aromatic N) is 4. The van der Waals surface area contributed by atoms with Gasteiger partial charge in [-0.2, -0.15) is 0 Å². The van der Waals surface area contributed by atoms with Gasteiger partial charge in [-0.25, -0.2) is 15.0 Å². The monoisotopic (exact) mass is 680 g/mol. The molecule has 1 aliphatic carbocycles. The van der Waals surface area contributed by atoms with E-state index < -0.39 is 0 Å². The van der Waals surface area contributed by atoms with E-state index in [0.29, 0.717) is 17.5 Å². The molecule has 53 heavy (non-hydrogen) atoms. The van der Waals surface area contributed by atoms with Crippen molar-refractivity contribution in [2.45, 2.75) is 19.3 Å². The highest BCUT2D eigenvalue weighted by Gasteiger charge is 2.38. The SMILES string of the molecule is CC1(C)c2cc3c(cc2-c2c1ccc1c4ccccc4n(-c4ccc(-c5nc(-c6ccccc6)nc(-c6ccccc6)n5)cc4)c21)oc1ccccc13. The second-order valence-corrected chi connectivity index (χ2v) is 14.4. The molecule has 0 unspecified atom stereocenters. The van der Waals surface area contributed by atoms with Crippen molar-refractivity contribution in [1.82, 2.24) is 19.5 Å². The normalized spacial score (nSPS) is 13.2. The number of hydrogen-bond donors (Lipinski definition) is 0. The zero-order valence-electron chi connectivity index (χ0n) is 29.2. The van der Waals surface area contributed by atoms with Gasteiger partial charge in [0.2, 0.25) is 0 Å². The molecule has 3 aromatic heterocycles. The van der Waals surface area contributed by atoms with Crippen LogP contribution in [0, 0.1) is 0 Å². The summed E-state index contributed by atoms with van der Waals surface area (Å²) in [5.74, 6) is 1.94. The summed E-state index contributed by atoms with van der Waals surface area (Å²) in [6.45, 7) is 4.70. The molecule has 1 aliphatic rings. The molecule has 3 heterocycles.